The van der Waals surface area contributed by atoms with Gasteiger partial charge in [0.1, 0.15) is 12.4 Å². The summed E-state index contributed by atoms with van der Waals surface area (Å²) in [5, 5.41) is 3.95. The highest BCUT2D eigenvalue weighted by atomic mass is 16.5. The van der Waals surface area contributed by atoms with Crippen molar-refractivity contribution in [2.24, 2.45) is 5.73 Å². The third-order valence-corrected chi connectivity index (χ3v) is 2.43. The lowest BCUT2D eigenvalue weighted by atomic mass is 10.2. The van der Waals surface area contributed by atoms with E-state index in [1.54, 1.807) is 0 Å². The van der Waals surface area contributed by atoms with E-state index in [0.29, 0.717) is 24.9 Å². The highest BCUT2D eigenvalue weighted by molar-refractivity contribution is 5.55. The van der Waals surface area contributed by atoms with Crippen molar-refractivity contribution in [2.45, 2.75) is 19.8 Å². The first-order valence-electron chi connectivity index (χ1n) is 5.97. The largest absolute Gasteiger partial charge is 0.492 e. The van der Waals surface area contributed by atoms with E-state index in [-0.39, 0.29) is 5.92 Å². The minimum atomic E-state index is 0.235. The fourth-order valence-corrected chi connectivity index (χ4v) is 1.46. The standard InChI is InChI=1S/C13H17N3O2/c1-9(2)13-15-12(16-18-13)10-3-5-11(6-4-10)17-8-7-14/h3-6,9H,7-8,14H2,1-2H3. The van der Waals surface area contributed by atoms with Crippen molar-refractivity contribution >= 4 is 0 Å². The summed E-state index contributed by atoms with van der Waals surface area (Å²) in [4.78, 5) is 4.33. The van der Waals surface area contributed by atoms with Crippen molar-refractivity contribution in [2.75, 3.05) is 13.2 Å². The predicted molar refractivity (Wildman–Crippen MR) is 68.4 cm³/mol. The van der Waals surface area contributed by atoms with E-state index in [0.717, 1.165) is 11.3 Å². The summed E-state index contributed by atoms with van der Waals surface area (Å²) in [5.74, 6) is 2.27. The number of benzene rings is 1. The topological polar surface area (TPSA) is 74.2 Å². The van der Waals surface area contributed by atoms with Gasteiger partial charge in [-0.1, -0.05) is 19.0 Å². The maximum Gasteiger partial charge on any atom is 0.229 e. The second-order valence-electron chi connectivity index (χ2n) is 4.27. The molecule has 1 heterocycles. The smallest absolute Gasteiger partial charge is 0.229 e. The van der Waals surface area contributed by atoms with Gasteiger partial charge in [0.2, 0.25) is 11.7 Å². The number of ether oxygens (including phenoxy) is 1. The van der Waals surface area contributed by atoms with E-state index in [1.165, 1.54) is 0 Å². The lowest BCUT2D eigenvalue weighted by Crippen LogP contribution is -2.10. The van der Waals surface area contributed by atoms with E-state index in [4.69, 9.17) is 15.0 Å². The molecule has 0 atom stereocenters. The molecule has 0 saturated heterocycles. The van der Waals surface area contributed by atoms with Crippen molar-refractivity contribution in [1.82, 2.24) is 10.1 Å². The highest BCUT2D eigenvalue weighted by Crippen LogP contribution is 2.21. The zero-order valence-corrected chi connectivity index (χ0v) is 10.6. The first kappa shape index (κ1) is 12.6. The van der Waals surface area contributed by atoms with Gasteiger partial charge < -0.3 is 15.0 Å². The number of rotatable bonds is 5. The molecule has 0 bridgehead atoms. The number of nitrogens with zero attached hydrogens (tertiary/aromatic N) is 2. The third-order valence-electron chi connectivity index (χ3n) is 2.43. The molecule has 2 N–H and O–H groups in total. The van der Waals surface area contributed by atoms with Crippen LogP contribution in [-0.2, 0) is 0 Å². The summed E-state index contributed by atoms with van der Waals surface area (Å²) in [6.07, 6.45) is 0. The molecular formula is C13H17N3O2. The molecule has 0 aliphatic heterocycles. The van der Waals surface area contributed by atoms with Crippen LogP contribution in [-0.4, -0.2) is 23.3 Å². The summed E-state index contributed by atoms with van der Waals surface area (Å²) in [6.45, 7) is 5.05. The summed E-state index contributed by atoms with van der Waals surface area (Å²) in [6, 6.07) is 7.55. The van der Waals surface area contributed by atoms with Crippen LogP contribution in [0.25, 0.3) is 11.4 Å². The molecule has 0 amide bonds. The van der Waals surface area contributed by atoms with Crippen molar-refractivity contribution in [1.29, 1.82) is 0 Å². The monoisotopic (exact) mass is 247 g/mol. The number of hydrogen-bond acceptors (Lipinski definition) is 5. The normalized spacial score (nSPS) is 10.9. The third kappa shape index (κ3) is 2.87. The summed E-state index contributed by atoms with van der Waals surface area (Å²) < 4.78 is 10.6. The van der Waals surface area contributed by atoms with Gasteiger partial charge in [-0.25, -0.2) is 0 Å². The van der Waals surface area contributed by atoms with Crippen molar-refractivity contribution in [3.63, 3.8) is 0 Å². The molecule has 1 aromatic heterocycles. The molecule has 2 aromatic rings. The molecular weight excluding hydrogens is 230 g/mol. The first-order chi connectivity index (χ1) is 8.70. The maximum atomic E-state index is 5.40. The molecule has 0 aliphatic carbocycles. The minimum absolute atomic E-state index is 0.235. The van der Waals surface area contributed by atoms with Crippen LogP contribution in [0.4, 0.5) is 0 Å². The first-order valence-corrected chi connectivity index (χ1v) is 5.97. The van der Waals surface area contributed by atoms with Gasteiger partial charge in [-0.2, -0.15) is 4.98 Å². The van der Waals surface area contributed by atoms with E-state index in [9.17, 15) is 0 Å². The minimum Gasteiger partial charge on any atom is -0.492 e. The second kappa shape index (κ2) is 5.64. The Balaban J connectivity index is 2.12. The highest BCUT2D eigenvalue weighted by Gasteiger charge is 2.11. The van der Waals surface area contributed by atoms with Crippen LogP contribution in [0.3, 0.4) is 0 Å². The van der Waals surface area contributed by atoms with Crippen LogP contribution >= 0.6 is 0 Å². The second-order valence-corrected chi connectivity index (χ2v) is 4.27. The van der Waals surface area contributed by atoms with Gasteiger partial charge in [0, 0.05) is 18.0 Å². The molecule has 0 aliphatic rings. The number of hydrogen-bond donors (Lipinski definition) is 1. The Morgan fingerprint density at radius 2 is 2.00 bits per heavy atom. The van der Waals surface area contributed by atoms with Crippen molar-refractivity contribution < 1.29 is 9.26 Å². The van der Waals surface area contributed by atoms with Crippen LogP contribution in [0.1, 0.15) is 25.7 Å². The number of aromatic nitrogens is 2. The average Bonchev–Trinajstić information content (AvgIpc) is 2.87. The van der Waals surface area contributed by atoms with Gasteiger partial charge in [-0.3, -0.25) is 0 Å². The lowest BCUT2D eigenvalue weighted by molar-refractivity contribution is 0.328. The van der Waals surface area contributed by atoms with Gasteiger partial charge in [0.15, 0.2) is 0 Å². The molecule has 0 unspecified atom stereocenters. The Morgan fingerprint density at radius 1 is 1.28 bits per heavy atom. The Bertz CT molecular complexity index is 491. The predicted octanol–water partition coefficient (Wildman–Crippen LogP) is 2.20. The van der Waals surface area contributed by atoms with E-state index < -0.39 is 0 Å². The van der Waals surface area contributed by atoms with Crippen LogP contribution < -0.4 is 10.5 Å². The van der Waals surface area contributed by atoms with Crippen LogP contribution in [0.15, 0.2) is 28.8 Å². The molecule has 0 saturated carbocycles. The van der Waals surface area contributed by atoms with E-state index in [1.807, 2.05) is 38.1 Å². The zero-order chi connectivity index (χ0) is 13.0. The average molecular weight is 247 g/mol. The SMILES string of the molecule is CC(C)c1nc(-c2ccc(OCCN)cc2)no1. The van der Waals surface area contributed by atoms with Gasteiger partial charge in [-0.05, 0) is 24.3 Å². The van der Waals surface area contributed by atoms with E-state index >= 15 is 0 Å². The molecule has 0 radical (unpaired) electrons. The lowest BCUT2D eigenvalue weighted by Gasteiger charge is -2.03. The molecule has 5 nitrogen and oxygen atoms in total. The summed E-state index contributed by atoms with van der Waals surface area (Å²) in [7, 11) is 0. The van der Waals surface area contributed by atoms with Crippen LogP contribution in [0, 0.1) is 0 Å². The van der Waals surface area contributed by atoms with Crippen molar-refractivity contribution in [3.8, 4) is 17.1 Å². The molecule has 96 valence electrons. The summed E-state index contributed by atoms with van der Waals surface area (Å²) in [5.41, 5.74) is 6.28. The van der Waals surface area contributed by atoms with Crippen LogP contribution in [0.5, 0.6) is 5.75 Å². The molecule has 18 heavy (non-hydrogen) atoms. The van der Waals surface area contributed by atoms with E-state index in [2.05, 4.69) is 10.1 Å². The fourth-order valence-electron chi connectivity index (χ4n) is 1.46. The Kier molecular flexibility index (Phi) is 3.94. The van der Waals surface area contributed by atoms with Gasteiger partial charge >= 0.3 is 0 Å². The fraction of sp³-hybridized carbons (Fsp3) is 0.385. The van der Waals surface area contributed by atoms with Gasteiger partial charge in [-0.15, -0.1) is 0 Å². The number of nitrogens with two attached hydrogens (primary N) is 1. The molecule has 0 spiro atoms. The molecule has 2 rings (SSSR count). The summed E-state index contributed by atoms with van der Waals surface area (Å²) >= 11 is 0. The molecule has 1 aromatic carbocycles. The van der Waals surface area contributed by atoms with Gasteiger partial charge in [0.25, 0.3) is 0 Å². The quantitative estimate of drug-likeness (QED) is 0.876. The Morgan fingerprint density at radius 3 is 2.56 bits per heavy atom. The van der Waals surface area contributed by atoms with Gasteiger partial charge in [0.05, 0.1) is 0 Å². The zero-order valence-electron chi connectivity index (χ0n) is 10.6. The molecule has 0 fully saturated rings. The molecule has 5 heteroatoms. The van der Waals surface area contributed by atoms with Crippen molar-refractivity contribution in [3.05, 3.63) is 30.2 Å². The Labute approximate surface area is 106 Å². The maximum absolute atomic E-state index is 5.40. The Hall–Kier alpha value is -1.88. The van der Waals surface area contributed by atoms with Crippen LogP contribution in [0.2, 0.25) is 0 Å².